The Bertz CT molecular complexity index is 335. The van der Waals surface area contributed by atoms with Gasteiger partial charge in [-0.15, -0.1) is 0 Å². The molecule has 1 aliphatic rings. The van der Waals surface area contributed by atoms with Crippen LogP contribution >= 0.6 is 0 Å². The van der Waals surface area contributed by atoms with E-state index in [2.05, 4.69) is 13.0 Å². The number of phenolic OH excluding ortho intramolecular Hbond substituents is 1. The van der Waals surface area contributed by atoms with E-state index in [0.717, 1.165) is 18.4 Å². The minimum Gasteiger partial charge on any atom is -0.508 e. The van der Waals surface area contributed by atoms with Crippen molar-refractivity contribution in [3.63, 3.8) is 0 Å². The molecule has 1 unspecified atom stereocenters. The summed E-state index contributed by atoms with van der Waals surface area (Å²) in [6.07, 6.45) is 1.90. The summed E-state index contributed by atoms with van der Waals surface area (Å²) < 4.78 is 0. The highest BCUT2D eigenvalue weighted by Crippen LogP contribution is 2.39. The number of hydrogen-bond donors (Lipinski definition) is 2. The van der Waals surface area contributed by atoms with E-state index < -0.39 is 0 Å². The van der Waals surface area contributed by atoms with Gasteiger partial charge < -0.3 is 10.8 Å². The molecule has 0 saturated carbocycles. The lowest BCUT2D eigenvalue weighted by atomic mass is 9.87. The third-order valence-electron chi connectivity index (χ3n) is 2.96. The van der Waals surface area contributed by atoms with Gasteiger partial charge in [0.25, 0.3) is 0 Å². The maximum absolute atomic E-state index is 9.62. The topological polar surface area (TPSA) is 46.2 Å². The zero-order valence-corrected chi connectivity index (χ0v) is 7.88. The van der Waals surface area contributed by atoms with Gasteiger partial charge >= 0.3 is 0 Å². The number of nitrogens with two attached hydrogens (primary N) is 1. The predicted molar refractivity (Wildman–Crippen MR) is 52.7 cm³/mol. The Labute approximate surface area is 78.4 Å². The SMILES string of the molecule is CC1(CN)Cc2cccc(O)c2C1. The summed E-state index contributed by atoms with van der Waals surface area (Å²) in [4.78, 5) is 0. The first-order valence-corrected chi connectivity index (χ1v) is 4.64. The predicted octanol–water partition coefficient (Wildman–Crippen LogP) is 1.46. The van der Waals surface area contributed by atoms with E-state index in [0.29, 0.717) is 12.3 Å². The van der Waals surface area contributed by atoms with Crippen LogP contribution in [0.15, 0.2) is 18.2 Å². The molecule has 2 rings (SSSR count). The molecule has 0 heterocycles. The highest BCUT2D eigenvalue weighted by atomic mass is 16.3. The fourth-order valence-electron chi connectivity index (χ4n) is 2.08. The van der Waals surface area contributed by atoms with Gasteiger partial charge in [-0.2, -0.15) is 0 Å². The second-order valence-corrected chi connectivity index (χ2v) is 4.28. The Hall–Kier alpha value is -1.02. The van der Waals surface area contributed by atoms with Gasteiger partial charge in [-0.3, -0.25) is 0 Å². The molecule has 1 aromatic rings. The molecule has 2 heteroatoms. The lowest BCUT2D eigenvalue weighted by Crippen LogP contribution is -2.27. The second-order valence-electron chi connectivity index (χ2n) is 4.28. The second kappa shape index (κ2) is 2.74. The van der Waals surface area contributed by atoms with Gasteiger partial charge in [0, 0.05) is 0 Å². The van der Waals surface area contributed by atoms with Crippen molar-refractivity contribution in [2.45, 2.75) is 19.8 Å². The maximum atomic E-state index is 9.62. The van der Waals surface area contributed by atoms with Gasteiger partial charge in [0.15, 0.2) is 0 Å². The zero-order valence-electron chi connectivity index (χ0n) is 7.88. The molecule has 0 aliphatic heterocycles. The van der Waals surface area contributed by atoms with E-state index in [9.17, 15) is 5.11 Å². The highest BCUT2D eigenvalue weighted by Gasteiger charge is 2.32. The van der Waals surface area contributed by atoms with E-state index >= 15 is 0 Å². The van der Waals surface area contributed by atoms with Crippen LogP contribution in [-0.4, -0.2) is 11.7 Å². The molecule has 0 fully saturated rings. The van der Waals surface area contributed by atoms with Crippen LogP contribution in [0.3, 0.4) is 0 Å². The quantitative estimate of drug-likeness (QED) is 0.682. The normalized spacial score (nSPS) is 26.0. The Morgan fingerprint density at radius 2 is 2.23 bits per heavy atom. The Morgan fingerprint density at radius 1 is 1.46 bits per heavy atom. The number of phenols is 1. The van der Waals surface area contributed by atoms with Crippen molar-refractivity contribution >= 4 is 0 Å². The maximum Gasteiger partial charge on any atom is 0.119 e. The first-order valence-electron chi connectivity index (χ1n) is 4.64. The standard InChI is InChI=1S/C11H15NO/c1-11(7-12)5-8-3-2-4-10(13)9(8)6-11/h2-4,13H,5-7,12H2,1H3. The molecule has 1 atom stereocenters. The molecule has 3 N–H and O–H groups in total. The summed E-state index contributed by atoms with van der Waals surface area (Å²) in [6, 6.07) is 5.73. The van der Waals surface area contributed by atoms with E-state index in [-0.39, 0.29) is 5.41 Å². The molecule has 1 aliphatic carbocycles. The van der Waals surface area contributed by atoms with E-state index in [1.807, 2.05) is 6.07 Å². The third-order valence-corrected chi connectivity index (χ3v) is 2.96. The molecule has 0 bridgehead atoms. The summed E-state index contributed by atoms with van der Waals surface area (Å²) in [5.74, 6) is 0.426. The molecular formula is C11H15NO. The van der Waals surface area contributed by atoms with Crippen molar-refractivity contribution in [1.82, 2.24) is 0 Å². The summed E-state index contributed by atoms with van der Waals surface area (Å²) in [5, 5.41) is 9.62. The van der Waals surface area contributed by atoms with Crippen molar-refractivity contribution in [3.8, 4) is 5.75 Å². The molecular weight excluding hydrogens is 162 g/mol. The van der Waals surface area contributed by atoms with Gasteiger partial charge in [0.2, 0.25) is 0 Å². The van der Waals surface area contributed by atoms with Crippen molar-refractivity contribution < 1.29 is 5.11 Å². The highest BCUT2D eigenvalue weighted by molar-refractivity contribution is 5.44. The Balaban J connectivity index is 2.40. The van der Waals surface area contributed by atoms with Gasteiger partial charge in [-0.1, -0.05) is 19.1 Å². The Kier molecular flexibility index (Phi) is 1.81. The molecule has 0 radical (unpaired) electrons. The number of fused-ring (bicyclic) bond motifs is 1. The molecule has 0 aromatic heterocycles. The molecule has 13 heavy (non-hydrogen) atoms. The Morgan fingerprint density at radius 3 is 2.85 bits per heavy atom. The van der Waals surface area contributed by atoms with Crippen molar-refractivity contribution in [2.75, 3.05) is 6.54 Å². The first-order chi connectivity index (χ1) is 6.14. The average molecular weight is 177 g/mol. The summed E-state index contributed by atoms with van der Waals surface area (Å²) in [5.41, 5.74) is 8.22. The average Bonchev–Trinajstić information content (AvgIpc) is 2.45. The van der Waals surface area contributed by atoms with Crippen LogP contribution in [0.25, 0.3) is 0 Å². The fourth-order valence-corrected chi connectivity index (χ4v) is 2.08. The van der Waals surface area contributed by atoms with Gasteiger partial charge in [-0.25, -0.2) is 0 Å². The number of aromatic hydroxyl groups is 1. The number of hydrogen-bond acceptors (Lipinski definition) is 2. The van der Waals surface area contributed by atoms with Crippen LogP contribution in [0.2, 0.25) is 0 Å². The third kappa shape index (κ3) is 1.31. The molecule has 70 valence electrons. The summed E-state index contributed by atoms with van der Waals surface area (Å²) in [6.45, 7) is 2.85. The van der Waals surface area contributed by atoms with Crippen molar-refractivity contribution in [1.29, 1.82) is 0 Å². The number of rotatable bonds is 1. The van der Waals surface area contributed by atoms with E-state index in [4.69, 9.17) is 5.73 Å². The fraction of sp³-hybridized carbons (Fsp3) is 0.455. The monoisotopic (exact) mass is 177 g/mol. The minimum absolute atomic E-state index is 0.154. The number of benzene rings is 1. The largest absolute Gasteiger partial charge is 0.508 e. The van der Waals surface area contributed by atoms with Crippen LogP contribution in [0, 0.1) is 5.41 Å². The zero-order chi connectivity index (χ0) is 9.47. The van der Waals surface area contributed by atoms with Gasteiger partial charge in [-0.05, 0) is 42.0 Å². The molecule has 0 amide bonds. The van der Waals surface area contributed by atoms with Crippen molar-refractivity contribution in [3.05, 3.63) is 29.3 Å². The van der Waals surface area contributed by atoms with Gasteiger partial charge in [0.1, 0.15) is 5.75 Å². The van der Waals surface area contributed by atoms with Crippen LogP contribution in [0.4, 0.5) is 0 Å². The molecule has 0 saturated heterocycles. The lowest BCUT2D eigenvalue weighted by Gasteiger charge is -2.20. The van der Waals surface area contributed by atoms with Crippen molar-refractivity contribution in [2.24, 2.45) is 11.1 Å². The van der Waals surface area contributed by atoms with Crippen LogP contribution in [0.1, 0.15) is 18.1 Å². The first kappa shape index (κ1) is 8.57. The molecule has 1 aromatic carbocycles. The van der Waals surface area contributed by atoms with Crippen LogP contribution in [-0.2, 0) is 12.8 Å². The lowest BCUT2D eigenvalue weighted by molar-refractivity contribution is 0.355. The summed E-state index contributed by atoms with van der Waals surface area (Å²) in [7, 11) is 0. The summed E-state index contributed by atoms with van der Waals surface area (Å²) >= 11 is 0. The molecule has 0 spiro atoms. The van der Waals surface area contributed by atoms with Crippen LogP contribution in [0.5, 0.6) is 5.75 Å². The van der Waals surface area contributed by atoms with E-state index in [1.54, 1.807) is 6.07 Å². The molecule has 2 nitrogen and oxygen atoms in total. The minimum atomic E-state index is 0.154. The van der Waals surface area contributed by atoms with E-state index in [1.165, 1.54) is 5.56 Å². The smallest absolute Gasteiger partial charge is 0.119 e. The van der Waals surface area contributed by atoms with Crippen LogP contribution < -0.4 is 5.73 Å². The van der Waals surface area contributed by atoms with Gasteiger partial charge in [0.05, 0.1) is 0 Å².